The van der Waals surface area contributed by atoms with Crippen molar-refractivity contribution in [3.8, 4) is 0 Å². The van der Waals surface area contributed by atoms with Crippen molar-refractivity contribution in [2.75, 3.05) is 33.2 Å². The summed E-state index contributed by atoms with van der Waals surface area (Å²) in [4.78, 5) is 14.4. The number of amides is 1. The third kappa shape index (κ3) is 1.97. The molecule has 96 valence electrons. The lowest BCUT2D eigenvalue weighted by Gasteiger charge is -2.36. The van der Waals surface area contributed by atoms with Crippen molar-refractivity contribution in [1.82, 2.24) is 15.5 Å². The van der Waals surface area contributed by atoms with Gasteiger partial charge in [-0.05, 0) is 39.3 Å². The molecule has 1 aliphatic carbocycles. The van der Waals surface area contributed by atoms with Gasteiger partial charge in [-0.1, -0.05) is 0 Å². The molecule has 1 atom stereocenters. The maximum absolute atomic E-state index is 12.3. The lowest BCUT2D eigenvalue weighted by Crippen LogP contribution is -2.47. The van der Waals surface area contributed by atoms with E-state index in [1.54, 1.807) is 0 Å². The van der Waals surface area contributed by atoms with E-state index in [1.165, 1.54) is 12.8 Å². The summed E-state index contributed by atoms with van der Waals surface area (Å²) in [5.41, 5.74) is 0.418. The van der Waals surface area contributed by atoms with Crippen LogP contribution < -0.4 is 10.6 Å². The summed E-state index contributed by atoms with van der Waals surface area (Å²) in [6.07, 6.45) is 4.53. The molecule has 1 saturated carbocycles. The highest BCUT2D eigenvalue weighted by molar-refractivity contribution is 5.80. The zero-order valence-corrected chi connectivity index (χ0v) is 10.7. The van der Waals surface area contributed by atoms with Gasteiger partial charge in [-0.15, -0.1) is 0 Å². The molecule has 0 aromatic heterocycles. The zero-order valence-electron chi connectivity index (χ0n) is 10.7. The van der Waals surface area contributed by atoms with E-state index in [4.69, 9.17) is 0 Å². The molecule has 2 aliphatic heterocycles. The number of nitrogens with zero attached hydrogens (tertiary/aromatic N) is 1. The van der Waals surface area contributed by atoms with Gasteiger partial charge in [0.15, 0.2) is 0 Å². The largest absolute Gasteiger partial charge is 0.342 e. The number of carbonyl (C=O) groups is 1. The molecule has 3 rings (SSSR count). The van der Waals surface area contributed by atoms with Gasteiger partial charge in [-0.3, -0.25) is 4.79 Å². The van der Waals surface area contributed by atoms with Crippen molar-refractivity contribution >= 4 is 5.91 Å². The summed E-state index contributed by atoms with van der Waals surface area (Å²) in [7, 11) is 1.99. The van der Waals surface area contributed by atoms with E-state index in [9.17, 15) is 4.79 Å². The Morgan fingerprint density at radius 2 is 2.24 bits per heavy atom. The van der Waals surface area contributed by atoms with Crippen molar-refractivity contribution in [3.63, 3.8) is 0 Å². The van der Waals surface area contributed by atoms with Crippen LogP contribution in [0.25, 0.3) is 0 Å². The van der Waals surface area contributed by atoms with E-state index in [-0.39, 0.29) is 0 Å². The van der Waals surface area contributed by atoms with Crippen LogP contribution in [0, 0.1) is 11.3 Å². The van der Waals surface area contributed by atoms with E-state index in [0.717, 1.165) is 39.0 Å². The lowest BCUT2D eigenvalue weighted by atomic mass is 9.79. The van der Waals surface area contributed by atoms with Crippen LogP contribution in [0.3, 0.4) is 0 Å². The van der Waals surface area contributed by atoms with E-state index in [0.29, 0.717) is 23.3 Å². The van der Waals surface area contributed by atoms with Crippen molar-refractivity contribution in [2.45, 2.75) is 31.7 Å². The zero-order chi connectivity index (χ0) is 11.9. The molecule has 3 fully saturated rings. The highest BCUT2D eigenvalue weighted by atomic mass is 16.2. The summed E-state index contributed by atoms with van der Waals surface area (Å²) in [6, 6.07) is 0.577. The Labute approximate surface area is 103 Å². The lowest BCUT2D eigenvalue weighted by molar-refractivity contribution is -0.138. The molecular weight excluding hydrogens is 214 g/mol. The van der Waals surface area contributed by atoms with Gasteiger partial charge in [0.2, 0.25) is 5.91 Å². The van der Waals surface area contributed by atoms with Crippen LogP contribution in [0.4, 0.5) is 0 Å². The first-order valence-electron chi connectivity index (χ1n) is 6.89. The number of carbonyl (C=O) groups excluding carboxylic acids is 1. The molecule has 0 bridgehead atoms. The molecule has 4 heteroatoms. The van der Waals surface area contributed by atoms with Crippen molar-refractivity contribution in [2.24, 2.45) is 11.3 Å². The average Bonchev–Trinajstić information content (AvgIpc) is 2.88. The highest BCUT2D eigenvalue weighted by Gasteiger charge is 2.44. The fraction of sp³-hybridized carbons (Fsp3) is 0.923. The van der Waals surface area contributed by atoms with Crippen LogP contribution >= 0.6 is 0 Å². The average molecular weight is 237 g/mol. The third-order valence-electron chi connectivity index (χ3n) is 4.98. The predicted octanol–water partition coefficient (Wildman–Crippen LogP) is 0.196. The molecule has 0 unspecified atom stereocenters. The van der Waals surface area contributed by atoms with E-state index in [1.807, 2.05) is 7.05 Å². The van der Waals surface area contributed by atoms with E-state index >= 15 is 0 Å². The summed E-state index contributed by atoms with van der Waals surface area (Å²) in [5, 5.41) is 6.68. The first kappa shape index (κ1) is 11.5. The third-order valence-corrected chi connectivity index (χ3v) is 4.98. The molecule has 0 aromatic carbocycles. The highest BCUT2D eigenvalue weighted by Crippen LogP contribution is 2.38. The minimum Gasteiger partial charge on any atom is -0.342 e. The van der Waals surface area contributed by atoms with E-state index < -0.39 is 0 Å². The van der Waals surface area contributed by atoms with Crippen LogP contribution in [0.5, 0.6) is 0 Å². The summed E-state index contributed by atoms with van der Waals surface area (Å²) >= 11 is 0. The van der Waals surface area contributed by atoms with Crippen LogP contribution in [-0.4, -0.2) is 50.1 Å². The van der Waals surface area contributed by atoms with Crippen molar-refractivity contribution in [1.29, 1.82) is 0 Å². The van der Waals surface area contributed by atoms with Gasteiger partial charge < -0.3 is 15.5 Å². The molecule has 2 saturated heterocycles. The molecule has 2 heterocycles. The van der Waals surface area contributed by atoms with Gasteiger partial charge in [0.05, 0.1) is 0 Å². The van der Waals surface area contributed by atoms with Gasteiger partial charge in [-0.25, -0.2) is 0 Å². The molecule has 3 aliphatic rings. The van der Waals surface area contributed by atoms with Crippen molar-refractivity contribution in [3.05, 3.63) is 0 Å². The van der Waals surface area contributed by atoms with Gasteiger partial charge in [0.1, 0.15) is 0 Å². The molecule has 0 aromatic rings. The summed E-state index contributed by atoms with van der Waals surface area (Å²) < 4.78 is 0. The van der Waals surface area contributed by atoms with Crippen LogP contribution in [0.1, 0.15) is 25.7 Å². The maximum atomic E-state index is 12.3. The Morgan fingerprint density at radius 1 is 1.41 bits per heavy atom. The fourth-order valence-corrected chi connectivity index (χ4v) is 3.58. The Hall–Kier alpha value is -0.610. The Kier molecular flexibility index (Phi) is 2.87. The number of likely N-dealkylation sites (tertiary alicyclic amines) is 1. The smallest absolute Gasteiger partial charge is 0.225 e. The van der Waals surface area contributed by atoms with Crippen LogP contribution in [0.15, 0.2) is 0 Å². The fourth-order valence-electron chi connectivity index (χ4n) is 3.58. The quantitative estimate of drug-likeness (QED) is 0.721. The summed E-state index contributed by atoms with van der Waals surface area (Å²) in [6.45, 7) is 4.23. The Balaban J connectivity index is 1.54. The molecule has 1 spiro atoms. The Morgan fingerprint density at radius 3 is 2.88 bits per heavy atom. The number of hydrogen-bond donors (Lipinski definition) is 2. The van der Waals surface area contributed by atoms with Gasteiger partial charge in [0.25, 0.3) is 0 Å². The van der Waals surface area contributed by atoms with Crippen molar-refractivity contribution < 1.29 is 4.79 Å². The maximum Gasteiger partial charge on any atom is 0.225 e. The van der Waals surface area contributed by atoms with Gasteiger partial charge >= 0.3 is 0 Å². The molecule has 0 radical (unpaired) electrons. The predicted molar refractivity (Wildman–Crippen MR) is 66.7 cm³/mol. The molecule has 4 nitrogen and oxygen atoms in total. The van der Waals surface area contributed by atoms with Gasteiger partial charge in [-0.2, -0.15) is 0 Å². The van der Waals surface area contributed by atoms with E-state index in [2.05, 4.69) is 15.5 Å². The number of nitrogens with one attached hydrogen (secondary N) is 2. The Bertz CT molecular complexity index is 306. The minimum atomic E-state index is 0.303. The van der Waals surface area contributed by atoms with Crippen LogP contribution in [0.2, 0.25) is 0 Å². The normalized spacial score (nSPS) is 40.9. The summed E-state index contributed by atoms with van der Waals surface area (Å²) in [5.74, 6) is 0.720. The second-order valence-corrected chi connectivity index (χ2v) is 6.09. The number of hydrogen-bond acceptors (Lipinski definition) is 3. The first-order chi connectivity index (χ1) is 8.22. The van der Waals surface area contributed by atoms with Crippen LogP contribution in [-0.2, 0) is 4.79 Å². The molecule has 2 N–H and O–H groups in total. The molecule has 1 amide bonds. The molecular formula is C13H23N3O. The topological polar surface area (TPSA) is 44.4 Å². The molecule has 17 heavy (non-hydrogen) atoms. The SMILES string of the molecule is CNC1CC(C(=O)N2CC[C@@]3(CCNC3)C2)C1. The monoisotopic (exact) mass is 237 g/mol. The van der Waals surface area contributed by atoms with Gasteiger partial charge in [0, 0.05) is 37.0 Å². The second kappa shape index (κ2) is 4.25. The standard InChI is InChI=1S/C13H23N3O/c1-14-11-6-10(7-11)12(17)16-5-3-13(9-16)2-4-15-8-13/h10-11,14-15H,2-9H2,1H3/t10?,11?,13-/m1/s1. The number of rotatable bonds is 2. The minimum absolute atomic E-state index is 0.303. The second-order valence-electron chi connectivity index (χ2n) is 6.09. The first-order valence-corrected chi connectivity index (χ1v) is 6.89.